The molecule has 0 fully saturated rings. The third kappa shape index (κ3) is 5.32. The number of nitrogens with zero attached hydrogens (tertiary/aromatic N) is 4. The van der Waals surface area contributed by atoms with Gasteiger partial charge in [-0.25, -0.2) is 9.97 Å². The molecule has 0 aliphatic heterocycles. The number of fused-ring (bicyclic) bond motifs is 1. The van der Waals surface area contributed by atoms with Gasteiger partial charge in [-0.05, 0) is 17.5 Å². The smallest absolute Gasteiger partial charge is 0.318 e. The molecule has 0 aliphatic carbocycles. The highest BCUT2D eigenvalue weighted by atomic mass is 32.2. The van der Waals surface area contributed by atoms with Crippen molar-refractivity contribution in [3.63, 3.8) is 0 Å². The van der Waals surface area contributed by atoms with Crippen LogP contribution in [-0.4, -0.2) is 50.4 Å². The van der Waals surface area contributed by atoms with Crippen LogP contribution in [0.1, 0.15) is 30.9 Å². The lowest BCUT2D eigenvalue weighted by Crippen LogP contribution is -2.37. The van der Waals surface area contributed by atoms with Crippen LogP contribution < -0.4 is 16.0 Å². The molecule has 0 spiro atoms. The van der Waals surface area contributed by atoms with Crippen molar-refractivity contribution >= 4 is 34.7 Å². The SMILES string of the molecule is CCCCSc1nc(N(C)C)c2[nH]c(=O)c(=O)n(Cc3ccc(CC(=O)O)cc3)c2n1. The summed E-state index contributed by atoms with van der Waals surface area (Å²) in [5.74, 6) is 0.477. The van der Waals surface area contributed by atoms with E-state index in [4.69, 9.17) is 5.11 Å². The van der Waals surface area contributed by atoms with Crippen molar-refractivity contribution in [3.05, 3.63) is 56.1 Å². The summed E-state index contributed by atoms with van der Waals surface area (Å²) in [5.41, 5.74) is 0.733. The fraction of sp³-hybridized carbons (Fsp3) is 0.381. The molecule has 10 heteroatoms. The zero-order valence-electron chi connectivity index (χ0n) is 17.7. The predicted molar refractivity (Wildman–Crippen MR) is 121 cm³/mol. The minimum absolute atomic E-state index is 0.0775. The zero-order valence-corrected chi connectivity index (χ0v) is 18.5. The predicted octanol–water partition coefficient (Wildman–Crippen LogP) is 2.11. The summed E-state index contributed by atoms with van der Waals surface area (Å²) in [6, 6.07) is 6.91. The van der Waals surface area contributed by atoms with Crippen LogP contribution in [0.2, 0.25) is 0 Å². The van der Waals surface area contributed by atoms with E-state index in [2.05, 4.69) is 21.9 Å². The third-order valence-corrected chi connectivity index (χ3v) is 5.59. The van der Waals surface area contributed by atoms with Gasteiger partial charge in [-0.1, -0.05) is 49.4 Å². The van der Waals surface area contributed by atoms with Gasteiger partial charge < -0.3 is 15.0 Å². The molecule has 2 aromatic heterocycles. The molecule has 0 amide bonds. The van der Waals surface area contributed by atoms with Crippen molar-refractivity contribution in [1.29, 1.82) is 0 Å². The number of unbranched alkanes of at least 4 members (excludes halogenated alkanes) is 1. The van der Waals surface area contributed by atoms with E-state index in [9.17, 15) is 14.4 Å². The molecule has 3 aromatic rings. The van der Waals surface area contributed by atoms with Gasteiger partial charge in [0.05, 0.1) is 13.0 Å². The Morgan fingerprint density at radius 3 is 2.45 bits per heavy atom. The van der Waals surface area contributed by atoms with Crippen LogP contribution in [0.25, 0.3) is 11.2 Å². The number of nitrogens with one attached hydrogen (secondary N) is 1. The van der Waals surface area contributed by atoms with E-state index in [1.165, 1.54) is 16.3 Å². The summed E-state index contributed by atoms with van der Waals surface area (Å²) < 4.78 is 1.35. The molecule has 31 heavy (non-hydrogen) atoms. The highest BCUT2D eigenvalue weighted by molar-refractivity contribution is 7.99. The Kier molecular flexibility index (Phi) is 7.11. The minimum Gasteiger partial charge on any atom is -0.481 e. The Morgan fingerprint density at radius 1 is 1.16 bits per heavy atom. The van der Waals surface area contributed by atoms with Crippen LogP contribution in [0.15, 0.2) is 39.0 Å². The number of hydrogen-bond donors (Lipinski definition) is 2. The molecule has 0 radical (unpaired) electrons. The second kappa shape index (κ2) is 9.78. The lowest BCUT2D eigenvalue weighted by molar-refractivity contribution is -0.136. The largest absolute Gasteiger partial charge is 0.481 e. The van der Waals surface area contributed by atoms with Gasteiger partial charge in [0.15, 0.2) is 16.6 Å². The molecule has 1 aromatic carbocycles. The van der Waals surface area contributed by atoms with Crippen LogP contribution in [0.4, 0.5) is 5.82 Å². The number of carboxylic acid groups (broad SMARTS) is 1. The highest BCUT2D eigenvalue weighted by Gasteiger charge is 2.17. The number of rotatable bonds is 9. The number of aromatic nitrogens is 4. The summed E-state index contributed by atoms with van der Waals surface area (Å²) in [4.78, 5) is 49.5. The topological polar surface area (TPSA) is 121 Å². The van der Waals surface area contributed by atoms with Crippen LogP contribution >= 0.6 is 11.8 Å². The van der Waals surface area contributed by atoms with Crippen LogP contribution in [0.5, 0.6) is 0 Å². The molecule has 9 nitrogen and oxygen atoms in total. The third-order valence-electron chi connectivity index (χ3n) is 4.66. The lowest BCUT2D eigenvalue weighted by atomic mass is 10.1. The number of aliphatic carboxylic acids is 1. The molecular weight excluding hydrogens is 418 g/mol. The monoisotopic (exact) mass is 443 g/mol. The Hall–Kier alpha value is -3.14. The summed E-state index contributed by atoms with van der Waals surface area (Å²) in [6.45, 7) is 2.24. The first kappa shape index (κ1) is 22.5. The number of aromatic amines is 1. The second-order valence-electron chi connectivity index (χ2n) is 7.36. The van der Waals surface area contributed by atoms with Crippen molar-refractivity contribution < 1.29 is 9.90 Å². The van der Waals surface area contributed by atoms with Crippen LogP contribution in [-0.2, 0) is 17.8 Å². The summed E-state index contributed by atoms with van der Waals surface area (Å²) >= 11 is 1.51. The maximum absolute atomic E-state index is 12.7. The molecule has 0 bridgehead atoms. The van der Waals surface area contributed by atoms with E-state index in [0.29, 0.717) is 27.7 Å². The average Bonchev–Trinajstić information content (AvgIpc) is 2.72. The van der Waals surface area contributed by atoms with Gasteiger partial charge in [-0.15, -0.1) is 0 Å². The zero-order chi connectivity index (χ0) is 22.5. The number of carbonyl (C=O) groups is 1. The number of carboxylic acids is 1. The van der Waals surface area contributed by atoms with E-state index in [-0.39, 0.29) is 13.0 Å². The molecular formula is C21H25N5O4S. The normalized spacial score (nSPS) is 11.1. The number of anilines is 1. The van der Waals surface area contributed by atoms with E-state index in [1.54, 1.807) is 29.2 Å². The van der Waals surface area contributed by atoms with E-state index in [0.717, 1.165) is 24.2 Å². The molecule has 2 heterocycles. The Balaban J connectivity index is 2.10. The van der Waals surface area contributed by atoms with Gasteiger partial charge >= 0.3 is 17.1 Å². The minimum atomic E-state index is -0.912. The molecule has 0 atom stereocenters. The van der Waals surface area contributed by atoms with Gasteiger partial charge in [-0.2, -0.15) is 0 Å². The highest BCUT2D eigenvalue weighted by Crippen LogP contribution is 2.24. The summed E-state index contributed by atoms with van der Waals surface area (Å²) in [5, 5.41) is 9.47. The Morgan fingerprint density at radius 2 is 1.84 bits per heavy atom. The average molecular weight is 444 g/mol. The number of thioether (sulfide) groups is 1. The molecule has 3 rings (SSSR count). The Labute approximate surface area is 183 Å². The maximum atomic E-state index is 12.7. The number of benzene rings is 1. The van der Waals surface area contributed by atoms with Crippen LogP contribution in [0, 0.1) is 0 Å². The molecule has 0 unspecified atom stereocenters. The summed E-state index contributed by atoms with van der Waals surface area (Å²) in [7, 11) is 3.63. The van der Waals surface area contributed by atoms with E-state index in [1.807, 2.05) is 14.1 Å². The maximum Gasteiger partial charge on any atom is 0.318 e. The molecule has 2 N–H and O–H groups in total. The van der Waals surface area contributed by atoms with Gasteiger partial charge in [-0.3, -0.25) is 19.0 Å². The first-order chi connectivity index (χ1) is 14.8. The number of H-pyrrole nitrogens is 1. The van der Waals surface area contributed by atoms with E-state index < -0.39 is 17.1 Å². The standard InChI is InChI=1S/C21H25N5O4S/c1-4-5-10-31-21-23-17(25(2)3)16-18(24-21)26(20(30)19(29)22-16)12-14-8-6-13(7-9-14)11-15(27)28/h6-9H,4-5,10-12H2,1-3H3,(H,22,29)(H,27,28). The van der Waals surface area contributed by atoms with Gasteiger partial charge in [0.25, 0.3) is 0 Å². The quantitative estimate of drug-likeness (QED) is 0.223. The first-order valence-electron chi connectivity index (χ1n) is 9.94. The van der Waals surface area contributed by atoms with Crippen molar-refractivity contribution in [2.75, 3.05) is 24.7 Å². The van der Waals surface area contributed by atoms with Gasteiger partial charge in [0, 0.05) is 19.8 Å². The Bertz CT molecular complexity index is 1200. The first-order valence-corrected chi connectivity index (χ1v) is 10.9. The fourth-order valence-corrected chi connectivity index (χ4v) is 3.99. The second-order valence-corrected chi connectivity index (χ2v) is 8.42. The van der Waals surface area contributed by atoms with Crippen molar-refractivity contribution in [3.8, 4) is 0 Å². The van der Waals surface area contributed by atoms with Crippen LogP contribution in [0.3, 0.4) is 0 Å². The lowest BCUT2D eigenvalue weighted by Gasteiger charge is -2.17. The van der Waals surface area contributed by atoms with Gasteiger partial charge in [0.1, 0.15) is 5.52 Å². The molecule has 0 saturated heterocycles. The van der Waals surface area contributed by atoms with Crippen molar-refractivity contribution in [1.82, 2.24) is 19.5 Å². The summed E-state index contributed by atoms with van der Waals surface area (Å²) in [6.07, 6.45) is 1.99. The molecule has 0 aliphatic rings. The fourth-order valence-electron chi connectivity index (χ4n) is 3.07. The van der Waals surface area contributed by atoms with Gasteiger partial charge in [0.2, 0.25) is 0 Å². The number of hydrogen-bond acceptors (Lipinski definition) is 7. The van der Waals surface area contributed by atoms with Crippen molar-refractivity contribution in [2.45, 2.75) is 37.9 Å². The van der Waals surface area contributed by atoms with E-state index >= 15 is 0 Å². The van der Waals surface area contributed by atoms with Crippen molar-refractivity contribution in [2.24, 2.45) is 0 Å². The molecule has 0 saturated carbocycles. The molecule has 164 valence electrons.